The van der Waals surface area contributed by atoms with Crippen molar-refractivity contribution in [3.05, 3.63) is 0 Å². The summed E-state index contributed by atoms with van der Waals surface area (Å²) in [6.07, 6.45) is -0.0491. The van der Waals surface area contributed by atoms with E-state index in [0.29, 0.717) is 6.61 Å². The highest BCUT2D eigenvalue weighted by Crippen LogP contribution is 2.43. The normalized spacial score (nSPS) is 26.7. The lowest BCUT2D eigenvalue weighted by molar-refractivity contribution is 0.142. The van der Waals surface area contributed by atoms with E-state index in [-0.39, 0.29) is 25.9 Å². The van der Waals surface area contributed by atoms with Gasteiger partial charge in [0, 0.05) is 6.54 Å². The molecule has 3 N–H and O–H groups in total. The third-order valence-electron chi connectivity index (χ3n) is 1.20. The Bertz CT molecular complexity index is 183. The number of phosphoric ester groups is 1. The molecule has 1 aliphatic heterocycles. The van der Waals surface area contributed by atoms with Gasteiger partial charge in [-0.2, -0.15) is 0 Å². The van der Waals surface area contributed by atoms with Gasteiger partial charge >= 0.3 is 7.82 Å². The second-order valence-corrected chi connectivity index (χ2v) is 3.80. The largest absolute Gasteiger partial charge is 0.472 e. The molecule has 1 heterocycles. The van der Waals surface area contributed by atoms with Crippen LogP contribution < -0.4 is 5.73 Å². The Morgan fingerprint density at radius 2 is 2.33 bits per heavy atom. The Balaban J connectivity index is 2.12. The van der Waals surface area contributed by atoms with Gasteiger partial charge in [0.25, 0.3) is 0 Å². The minimum absolute atomic E-state index is 0.0132. The zero-order valence-electron chi connectivity index (χ0n) is 6.51. The molecule has 12 heavy (non-hydrogen) atoms. The van der Waals surface area contributed by atoms with Crippen LogP contribution >= 0.6 is 7.82 Å². The van der Waals surface area contributed by atoms with Crippen LogP contribution in [0.2, 0.25) is 0 Å². The molecule has 0 spiro atoms. The van der Waals surface area contributed by atoms with Crippen molar-refractivity contribution in [1.29, 1.82) is 0 Å². The van der Waals surface area contributed by atoms with Gasteiger partial charge in [-0.3, -0.25) is 9.05 Å². The molecule has 1 aliphatic rings. The summed E-state index contributed by atoms with van der Waals surface area (Å²) in [5, 5.41) is 0. The number of hydrogen-bond acceptors (Lipinski definition) is 5. The maximum Gasteiger partial charge on any atom is 0.472 e. The Hall–Kier alpha value is 0.0300. The van der Waals surface area contributed by atoms with Gasteiger partial charge in [-0.1, -0.05) is 0 Å². The third kappa shape index (κ3) is 4.15. The molecule has 2 unspecified atom stereocenters. The predicted molar refractivity (Wildman–Crippen MR) is 40.5 cm³/mol. The maximum atomic E-state index is 10.9. The van der Waals surface area contributed by atoms with E-state index in [1.165, 1.54) is 0 Å². The van der Waals surface area contributed by atoms with Crippen molar-refractivity contribution >= 4 is 7.82 Å². The molecule has 2 atom stereocenters. The number of phosphoric acid groups is 1. The van der Waals surface area contributed by atoms with Crippen LogP contribution in [0.15, 0.2) is 0 Å². The summed E-state index contributed by atoms with van der Waals surface area (Å²) in [5.41, 5.74) is 5.07. The van der Waals surface area contributed by atoms with E-state index >= 15 is 0 Å². The quantitative estimate of drug-likeness (QED) is 0.439. The summed E-state index contributed by atoms with van der Waals surface area (Å²) in [4.78, 5) is 8.92. The van der Waals surface area contributed by atoms with Crippen LogP contribution in [0.25, 0.3) is 0 Å². The van der Waals surface area contributed by atoms with Gasteiger partial charge in [-0.15, -0.1) is 0 Å². The second kappa shape index (κ2) is 4.32. The van der Waals surface area contributed by atoms with Crippen LogP contribution in [-0.4, -0.2) is 37.4 Å². The number of hydrogen-bond donors (Lipinski definition) is 2. The first-order valence-electron chi connectivity index (χ1n) is 3.57. The van der Waals surface area contributed by atoms with Gasteiger partial charge in [0.1, 0.15) is 6.10 Å². The summed E-state index contributed by atoms with van der Waals surface area (Å²) in [7, 11) is -3.88. The summed E-state index contributed by atoms with van der Waals surface area (Å²) < 4.78 is 24.7. The van der Waals surface area contributed by atoms with E-state index in [2.05, 4.69) is 9.05 Å². The number of rotatable bonds is 6. The molecule has 0 aromatic rings. The molecule has 0 bridgehead atoms. The molecule has 0 saturated carbocycles. The second-order valence-electron chi connectivity index (χ2n) is 2.34. The molecule has 1 fully saturated rings. The van der Waals surface area contributed by atoms with Crippen molar-refractivity contribution in [3.63, 3.8) is 0 Å². The molecule has 1 rings (SSSR count). The van der Waals surface area contributed by atoms with Crippen LogP contribution in [0.5, 0.6) is 0 Å². The summed E-state index contributed by atoms with van der Waals surface area (Å²) >= 11 is 0. The van der Waals surface area contributed by atoms with Crippen molar-refractivity contribution in [3.8, 4) is 0 Å². The minimum atomic E-state index is -3.88. The summed E-state index contributed by atoms with van der Waals surface area (Å²) in [6.45, 7) is 0.877. The van der Waals surface area contributed by atoms with Crippen LogP contribution in [0, 0.1) is 0 Å². The van der Waals surface area contributed by atoms with Gasteiger partial charge in [-0.05, 0) is 0 Å². The van der Waals surface area contributed by atoms with Crippen molar-refractivity contribution in [1.82, 2.24) is 0 Å². The number of epoxide rings is 1. The lowest BCUT2D eigenvalue weighted by Crippen LogP contribution is -2.09. The SMILES string of the molecule is NCCOP(=O)(O)OCC1CO1. The number of nitrogens with two attached hydrogens (primary N) is 1. The van der Waals surface area contributed by atoms with E-state index in [0.717, 1.165) is 0 Å². The fraction of sp³-hybridized carbons (Fsp3) is 1.00. The molecular weight excluding hydrogens is 185 g/mol. The summed E-state index contributed by atoms with van der Waals surface area (Å²) in [5.74, 6) is 0. The zero-order valence-corrected chi connectivity index (χ0v) is 7.40. The molecule has 0 aromatic heterocycles. The molecule has 0 aromatic carbocycles. The lowest BCUT2D eigenvalue weighted by Gasteiger charge is -2.09. The van der Waals surface area contributed by atoms with E-state index in [1.807, 2.05) is 0 Å². The highest BCUT2D eigenvalue weighted by molar-refractivity contribution is 7.47. The molecule has 0 radical (unpaired) electrons. The molecule has 7 heteroatoms. The molecule has 72 valence electrons. The molecule has 0 aliphatic carbocycles. The topological polar surface area (TPSA) is 94.3 Å². The Kier molecular flexibility index (Phi) is 3.64. The van der Waals surface area contributed by atoms with Gasteiger partial charge in [0.05, 0.1) is 19.8 Å². The van der Waals surface area contributed by atoms with Crippen LogP contribution in [0.3, 0.4) is 0 Å². The van der Waals surface area contributed by atoms with Crippen molar-refractivity contribution in [2.45, 2.75) is 6.10 Å². The highest BCUT2D eigenvalue weighted by Gasteiger charge is 2.28. The summed E-state index contributed by atoms with van der Waals surface area (Å²) in [6, 6.07) is 0. The van der Waals surface area contributed by atoms with Crippen molar-refractivity contribution in [2.75, 3.05) is 26.4 Å². The van der Waals surface area contributed by atoms with E-state index < -0.39 is 7.82 Å². The molecule has 0 amide bonds. The Morgan fingerprint density at radius 1 is 1.67 bits per heavy atom. The van der Waals surface area contributed by atoms with Gasteiger partial charge in [-0.25, -0.2) is 4.57 Å². The predicted octanol–water partition coefficient (Wildman–Crippen LogP) is -0.523. The smallest absolute Gasteiger partial charge is 0.371 e. The first-order valence-corrected chi connectivity index (χ1v) is 5.07. The van der Waals surface area contributed by atoms with E-state index in [9.17, 15) is 4.57 Å². The van der Waals surface area contributed by atoms with E-state index in [1.54, 1.807) is 0 Å². The van der Waals surface area contributed by atoms with Gasteiger partial charge in [0.2, 0.25) is 0 Å². The number of ether oxygens (including phenoxy) is 1. The highest BCUT2D eigenvalue weighted by atomic mass is 31.2. The Labute approximate surface area is 70.2 Å². The standard InChI is InChI=1S/C5H12NO5P/c6-1-2-10-12(7,8)11-4-5-3-9-5/h5H,1-4,6H2,(H,7,8). The fourth-order valence-corrected chi connectivity index (χ4v) is 1.31. The van der Waals surface area contributed by atoms with Crippen molar-refractivity contribution < 1.29 is 23.2 Å². The first kappa shape index (κ1) is 10.1. The van der Waals surface area contributed by atoms with Crippen LogP contribution in [0.4, 0.5) is 0 Å². The fourth-order valence-electron chi connectivity index (χ4n) is 0.547. The lowest BCUT2D eigenvalue weighted by atomic mass is 10.5. The molecule has 6 nitrogen and oxygen atoms in total. The Morgan fingerprint density at radius 3 is 2.83 bits per heavy atom. The first-order chi connectivity index (χ1) is 5.64. The third-order valence-corrected chi connectivity index (χ3v) is 2.18. The minimum Gasteiger partial charge on any atom is -0.371 e. The van der Waals surface area contributed by atoms with E-state index in [4.69, 9.17) is 15.4 Å². The monoisotopic (exact) mass is 197 g/mol. The average molecular weight is 197 g/mol. The maximum absolute atomic E-state index is 10.9. The van der Waals surface area contributed by atoms with Gasteiger partial charge < -0.3 is 15.4 Å². The van der Waals surface area contributed by atoms with Gasteiger partial charge in [0.15, 0.2) is 0 Å². The molecular formula is C5H12NO5P. The zero-order chi connectivity index (χ0) is 9.03. The molecule has 1 saturated heterocycles. The van der Waals surface area contributed by atoms with Crippen LogP contribution in [0.1, 0.15) is 0 Å². The average Bonchev–Trinajstić information content (AvgIpc) is 2.81. The van der Waals surface area contributed by atoms with Crippen LogP contribution in [-0.2, 0) is 18.3 Å². The van der Waals surface area contributed by atoms with Crippen molar-refractivity contribution in [2.24, 2.45) is 5.73 Å².